The van der Waals surface area contributed by atoms with Crippen LogP contribution in [0.4, 0.5) is 5.69 Å². The summed E-state index contributed by atoms with van der Waals surface area (Å²) in [6.45, 7) is 0. The minimum atomic E-state index is 0.227. The number of aryl methyl sites for hydroxylation is 1. The molecule has 0 aliphatic carbocycles. The van der Waals surface area contributed by atoms with Crippen molar-refractivity contribution in [2.75, 3.05) is 0 Å². The molecule has 0 saturated carbocycles. The van der Waals surface area contributed by atoms with E-state index in [1.807, 2.05) is 41.9 Å². The second kappa shape index (κ2) is 4.57. The van der Waals surface area contributed by atoms with Crippen LogP contribution in [0, 0.1) is 0 Å². The fraction of sp³-hybridized carbons (Fsp3) is 0.0667. The Labute approximate surface area is 110 Å². The molecule has 1 N–H and O–H groups in total. The highest BCUT2D eigenvalue weighted by Crippen LogP contribution is 2.20. The third-order valence-corrected chi connectivity index (χ3v) is 3.00. The van der Waals surface area contributed by atoms with E-state index < -0.39 is 0 Å². The van der Waals surface area contributed by atoms with Gasteiger partial charge in [0.2, 0.25) is 0 Å². The normalized spacial score (nSPS) is 11.4. The summed E-state index contributed by atoms with van der Waals surface area (Å²) in [5.41, 5.74) is 3.49. The predicted octanol–water partition coefficient (Wildman–Crippen LogP) is 3.03. The summed E-state index contributed by atoms with van der Waals surface area (Å²) in [4.78, 5) is 8.65. The summed E-state index contributed by atoms with van der Waals surface area (Å²) in [6, 6.07) is 12.9. The largest absolute Gasteiger partial charge is 0.507 e. The van der Waals surface area contributed by atoms with Gasteiger partial charge in [-0.2, -0.15) is 0 Å². The van der Waals surface area contributed by atoms with Crippen molar-refractivity contribution < 1.29 is 5.11 Å². The molecule has 1 aromatic heterocycles. The van der Waals surface area contributed by atoms with Crippen molar-refractivity contribution >= 4 is 22.9 Å². The first-order chi connectivity index (χ1) is 9.24. The number of imidazole rings is 1. The quantitative estimate of drug-likeness (QED) is 0.712. The number of phenols is 1. The van der Waals surface area contributed by atoms with E-state index in [1.54, 1.807) is 24.7 Å². The lowest BCUT2D eigenvalue weighted by Crippen LogP contribution is -1.83. The minimum Gasteiger partial charge on any atom is -0.507 e. The lowest BCUT2D eigenvalue weighted by Gasteiger charge is -1.98. The highest BCUT2D eigenvalue weighted by molar-refractivity contribution is 5.86. The van der Waals surface area contributed by atoms with E-state index in [0.717, 1.165) is 16.7 Å². The molecule has 94 valence electrons. The van der Waals surface area contributed by atoms with Crippen molar-refractivity contribution in [2.45, 2.75) is 0 Å². The minimum absolute atomic E-state index is 0.227. The zero-order chi connectivity index (χ0) is 13.2. The van der Waals surface area contributed by atoms with Crippen LogP contribution in [0.5, 0.6) is 5.75 Å². The van der Waals surface area contributed by atoms with Crippen molar-refractivity contribution in [1.29, 1.82) is 0 Å². The number of phenolic OH excluding ortho intramolecular Hbond substituents is 1. The van der Waals surface area contributed by atoms with E-state index in [4.69, 9.17) is 0 Å². The smallest absolute Gasteiger partial charge is 0.124 e. The van der Waals surface area contributed by atoms with E-state index in [-0.39, 0.29) is 5.75 Å². The highest BCUT2D eigenvalue weighted by Gasteiger charge is 2.00. The van der Waals surface area contributed by atoms with Gasteiger partial charge in [-0.1, -0.05) is 12.1 Å². The van der Waals surface area contributed by atoms with Crippen LogP contribution in [0.3, 0.4) is 0 Å². The summed E-state index contributed by atoms with van der Waals surface area (Å²) < 4.78 is 1.96. The molecule has 2 aromatic carbocycles. The molecule has 0 radical (unpaired) electrons. The molecule has 0 spiro atoms. The van der Waals surface area contributed by atoms with Crippen LogP contribution in [0.1, 0.15) is 5.56 Å². The van der Waals surface area contributed by atoms with Gasteiger partial charge < -0.3 is 9.67 Å². The highest BCUT2D eigenvalue weighted by atomic mass is 16.3. The zero-order valence-electron chi connectivity index (χ0n) is 10.5. The van der Waals surface area contributed by atoms with E-state index in [9.17, 15) is 5.11 Å². The molecule has 0 atom stereocenters. The Morgan fingerprint density at radius 3 is 2.89 bits per heavy atom. The van der Waals surface area contributed by atoms with E-state index in [2.05, 4.69) is 9.98 Å². The number of fused-ring (bicyclic) bond motifs is 1. The van der Waals surface area contributed by atoms with Crippen molar-refractivity contribution in [3.8, 4) is 5.75 Å². The Bertz CT molecular complexity index is 759. The number of rotatable bonds is 2. The molecule has 0 bridgehead atoms. The zero-order valence-corrected chi connectivity index (χ0v) is 10.5. The van der Waals surface area contributed by atoms with Crippen LogP contribution in [0.25, 0.3) is 11.0 Å². The first-order valence-corrected chi connectivity index (χ1v) is 5.97. The van der Waals surface area contributed by atoms with Crippen LogP contribution in [0.2, 0.25) is 0 Å². The second-order valence-corrected chi connectivity index (χ2v) is 4.35. The van der Waals surface area contributed by atoms with Crippen molar-refractivity contribution in [3.05, 3.63) is 54.4 Å². The second-order valence-electron chi connectivity index (χ2n) is 4.35. The Morgan fingerprint density at radius 1 is 1.21 bits per heavy atom. The number of benzene rings is 2. The lowest BCUT2D eigenvalue weighted by atomic mass is 10.2. The summed E-state index contributed by atoms with van der Waals surface area (Å²) in [5.74, 6) is 0.227. The Balaban J connectivity index is 1.95. The van der Waals surface area contributed by atoms with Crippen molar-refractivity contribution in [2.24, 2.45) is 12.0 Å². The molecule has 0 saturated heterocycles. The van der Waals surface area contributed by atoms with E-state index >= 15 is 0 Å². The molecule has 19 heavy (non-hydrogen) atoms. The maximum atomic E-state index is 9.66. The van der Waals surface area contributed by atoms with Gasteiger partial charge in [0.05, 0.1) is 23.0 Å². The molecule has 3 rings (SSSR count). The Hall–Kier alpha value is -2.62. The monoisotopic (exact) mass is 251 g/mol. The van der Waals surface area contributed by atoms with Crippen LogP contribution in [0.15, 0.2) is 53.8 Å². The Kier molecular flexibility index (Phi) is 2.76. The molecule has 4 nitrogen and oxygen atoms in total. The fourth-order valence-electron chi connectivity index (χ4n) is 1.95. The fourth-order valence-corrected chi connectivity index (χ4v) is 1.95. The van der Waals surface area contributed by atoms with Crippen LogP contribution < -0.4 is 0 Å². The third-order valence-electron chi connectivity index (χ3n) is 3.00. The molecule has 0 unspecified atom stereocenters. The number of aromatic nitrogens is 2. The first kappa shape index (κ1) is 11.5. The molecule has 3 aromatic rings. The molecule has 0 fully saturated rings. The molecule has 1 heterocycles. The van der Waals surface area contributed by atoms with E-state index in [0.29, 0.717) is 5.56 Å². The molecule has 0 aliphatic heterocycles. The summed E-state index contributed by atoms with van der Waals surface area (Å²) in [5, 5.41) is 9.66. The van der Waals surface area contributed by atoms with Crippen molar-refractivity contribution in [3.63, 3.8) is 0 Å². The van der Waals surface area contributed by atoms with E-state index in [1.165, 1.54) is 0 Å². The lowest BCUT2D eigenvalue weighted by molar-refractivity contribution is 0.474. The van der Waals surface area contributed by atoms with Gasteiger partial charge in [0.15, 0.2) is 0 Å². The SMILES string of the molecule is Cn1cnc2cc(N=Cc3ccccc3O)ccc21. The number of hydrogen-bond acceptors (Lipinski definition) is 3. The van der Waals surface area contributed by atoms with Crippen molar-refractivity contribution in [1.82, 2.24) is 9.55 Å². The number of aliphatic imine (C=N–C) groups is 1. The summed E-state index contributed by atoms with van der Waals surface area (Å²) >= 11 is 0. The molecular weight excluding hydrogens is 238 g/mol. The molecule has 0 aliphatic rings. The van der Waals surface area contributed by atoms with Gasteiger partial charge in [0.1, 0.15) is 5.75 Å². The Morgan fingerprint density at radius 2 is 2.05 bits per heavy atom. The maximum absolute atomic E-state index is 9.66. The maximum Gasteiger partial charge on any atom is 0.124 e. The van der Waals surface area contributed by atoms with Gasteiger partial charge in [-0.05, 0) is 30.3 Å². The number of para-hydroxylation sites is 1. The summed E-state index contributed by atoms with van der Waals surface area (Å²) in [6.07, 6.45) is 3.43. The average Bonchev–Trinajstić information content (AvgIpc) is 2.79. The molecule has 0 amide bonds. The van der Waals surface area contributed by atoms with Gasteiger partial charge in [-0.3, -0.25) is 4.99 Å². The number of hydrogen-bond donors (Lipinski definition) is 1. The number of aromatic hydroxyl groups is 1. The van der Waals surface area contributed by atoms with Gasteiger partial charge in [0, 0.05) is 18.8 Å². The standard InChI is InChI=1S/C15H13N3O/c1-18-10-17-13-8-12(6-7-14(13)18)16-9-11-4-2-3-5-15(11)19/h2-10,19H,1H3. The third kappa shape index (κ3) is 2.20. The van der Waals surface area contributed by atoms with Gasteiger partial charge >= 0.3 is 0 Å². The average molecular weight is 251 g/mol. The van der Waals surface area contributed by atoms with Gasteiger partial charge in [0.25, 0.3) is 0 Å². The van der Waals surface area contributed by atoms with Crippen LogP contribution in [-0.4, -0.2) is 20.9 Å². The molecule has 4 heteroatoms. The molecular formula is C15H13N3O. The summed E-state index contributed by atoms with van der Waals surface area (Å²) in [7, 11) is 1.96. The van der Waals surface area contributed by atoms with Gasteiger partial charge in [-0.15, -0.1) is 0 Å². The number of nitrogens with zero attached hydrogens (tertiary/aromatic N) is 3. The predicted molar refractivity (Wildman–Crippen MR) is 76.1 cm³/mol. The van der Waals surface area contributed by atoms with Crippen LogP contribution >= 0.6 is 0 Å². The topological polar surface area (TPSA) is 50.4 Å². The van der Waals surface area contributed by atoms with Gasteiger partial charge in [-0.25, -0.2) is 4.98 Å². The first-order valence-electron chi connectivity index (χ1n) is 5.97. The van der Waals surface area contributed by atoms with Crippen LogP contribution in [-0.2, 0) is 7.05 Å².